The molecule has 87 heavy (non-hydrogen) atoms. The van der Waals surface area contributed by atoms with Crippen molar-refractivity contribution in [1.82, 2.24) is 10.2 Å². The van der Waals surface area contributed by atoms with Crippen LogP contribution in [-0.2, 0) is 9.47 Å². The van der Waals surface area contributed by atoms with Crippen LogP contribution in [0.2, 0.25) is 10.0 Å². The molecule has 0 atom stereocenters. The lowest BCUT2D eigenvalue weighted by Gasteiger charge is -2.15. The number of anilines is 8. The Morgan fingerprint density at radius 2 is 0.920 bits per heavy atom. The normalized spacial score (nSPS) is 10.6. The van der Waals surface area contributed by atoms with Gasteiger partial charge in [0.05, 0.1) is 32.9 Å². The van der Waals surface area contributed by atoms with Gasteiger partial charge >= 0.3 is 11.4 Å². The van der Waals surface area contributed by atoms with Gasteiger partial charge in [-0.3, -0.25) is 40.5 Å². The summed E-state index contributed by atoms with van der Waals surface area (Å²) < 4.78 is 10.7. The third kappa shape index (κ3) is 35.0. The fourth-order valence-electron chi connectivity index (χ4n) is 8.20. The number of nitrogens with zero attached hydrogens (tertiary/aromatic N) is 5. The van der Waals surface area contributed by atoms with Crippen LogP contribution >= 0.6 is 23.2 Å². The van der Waals surface area contributed by atoms with Crippen LogP contribution < -0.4 is 48.3 Å². The third-order valence-electron chi connectivity index (χ3n) is 12.5. The summed E-state index contributed by atoms with van der Waals surface area (Å²) in [5.74, 6) is 0. The molecule has 0 aliphatic heterocycles. The molecule has 0 unspecified atom stereocenters. The summed E-state index contributed by atoms with van der Waals surface area (Å²) in [5, 5.41) is 87.7. The zero-order valence-corrected chi connectivity index (χ0v) is 53.3. The van der Waals surface area contributed by atoms with E-state index in [1.165, 1.54) is 18.9 Å². The second-order valence-electron chi connectivity index (χ2n) is 20.0. The Labute approximate surface area is 523 Å². The molecular weight excluding hydrogens is 1170 g/mol. The Kier molecular flexibility index (Phi) is 44.3. The van der Waals surface area contributed by atoms with E-state index in [4.69, 9.17) is 48.6 Å². The van der Waals surface area contributed by atoms with Crippen LogP contribution in [0.5, 0.6) is 0 Å². The minimum atomic E-state index is -0.418. The van der Waals surface area contributed by atoms with Crippen LogP contribution in [0.4, 0.5) is 68.2 Å². The van der Waals surface area contributed by atoms with Gasteiger partial charge in [0.2, 0.25) is 0 Å². The first kappa shape index (κ1) is 78.2. The van der Waals surface area contributed by atoms with E-state index in [0.717, 1.165) is 109 Å². The number of nitrogens with one attached hydrogen (secondary N) is 8. The maximum absolute atomic E-state index is 11.4. The van der Waals surface area contributed by atoms with E-state index in [9.17, 15) is 40.5 Å². The molecule has 4 rings (SSSR count). The van der Waals surface area contributed by atoms with Crippen LogP contribution in [0.3, 0.4) is 0 Å². The van der Waals surface area contributed by atoms with Gasteiger partial charge in [0.15, 0.2) is 0 Å². The van der Waals surface area contributed by atoms with Gasteiger partial charge in [-0.25, -0.2) is 0 Å². The van der Waals surface area contributed by atoms with Crippen molar-refractivity contribution in [3.05, 3.63) is 111 Å². The zero-order valence-electron chi connectivity index (χ0n) is 51.8. The molecule has 490 valence electrons. The first-order chi connectivity index (χ1) is 41.9. The Hall–Kier alpha value is -6.78. The number of nitro groups is 4. The van der Waals surface area contributed by atoms with Crippen molar-refractivity contribution in [3.63, 3.8) is 0 Å². The number of nitrogen functional groups attached to an aromatic ring is 1. The number of nitro benzene ring substituents is 4. The van der Waals surface area contributed by atoms with Crippen LogP contribution in [-0.4, -0.2) is 154 Å². The van der Waals surface area contributed by atoms with Crippen LogP contribution in [0.1, 0.15) is 111 Å². The number of hydrogen-bond acceptors (Lipinski definition) is 22. The van der Waals surface area contributed by atoms with Crippen LogP contribution in [0, 0.1) is 40.5 Å². The molecule has 0 spiro atoms. The van der Waals surface area contributed by atoms with E-state index < -0.39 is 14.8 Å². The molecule has 4 aromatic carbocycles. The van der Waals surface area contributed by atoms with Gasteiger partial charge in [-0.15, -0.1) is 0 Å². The predicted octanol–water partition coefficient (Wildman–Crippen LogP) is 12.5. The highest BCUT2D eigenvalue weighted by Gasteiger charge is 2.23. The molecule has 0 aromatic heterocycles. The molecule has 28 heteroatoms. The van der Waals surface area contributed by atoms with Crippen LogP contribution in [0.25, 0.3) is 0 Å². The number of rotatable bonds is 44. The molecular formula is C59H98Cl2N14O12. The van der Waals surface area contributed by atoms with Crippen molar-refractivity contribution >= 4 is 91.5 Å². The average molecular weight is 1270 g/mol. The molecule has 0 aliphatic rings. The number of unbranched alkanes of at least 4 members (excludes halogenated alkanes) is 5. The van der Waals surface area contributed by atoms with Gasteiger partial charge in [0.1, 0.15) is 34.1 Å². The highest BCUT2D eigenvalue weighted by molar-refractivity contribution is 6.31. The minimum Gasteiger partial charge on any atom is -0.399 e. The Morgan fingerprint density at radius 3 is 1.37 bits per heavy atom. The van der Waals surface area contributed by atoms with Gasteiger partial charge < -0.3 is 72.9 Å². The number of ether oxygens (including phenoxy) is 2. The molecule has 26 nitrogen and oxygen atoms in total. The number of benzene rings is 4. The maximum Gasteiger partial charge on any atom is 0.315 e. The Morgan fingerprint density at radius 1 is 0.471 bits per heavy atom. The third-order valence-corrected chi connectivity index (χ3v) is 13.0. The molecule has 0 fully saturated rings. The first-order valence-corrected chi connectivity index (χ1v) is 30.8. The second kappa shape index (κ2) is 49.2. The van der Waals surface area contributed by atoms with Gasteiger partial charge in [0, 0.05) is 106 Å². The van der Waals surface area contributed by atoms with Crippen molar-refractivity contribution in [1.29, 1.82) is 0 Å². The van der Waals surface area contributed by atoms with E-state index in [-0.39, 0.29) is 40.9 Å². The summed E-state index contributed by atoms with van der Waals surface area (Å²) in [4.78, 5) is 45.4. The van der Waals surface area contributed by atoms with Crippen molar-refractivity contribution in [3.8, 4) is 0 Å². The smallest absolute Gasteiger partial charge is 0.315 e. The molecule has 0 bridgehead atoms. The standard InChI is InChI=1S/2C16H26ClN3O4.C14H24N4O2.C13H22N4O2/c1-3-7-23-9-5-18-14-11-13(17)12-15(16(14)20(21)22)19-6-10-24-8-4-2;17-13-11-14(18-7-3-1-5-9-21)16(20(23)24)15(12-13)19-8-4-2-6-10-22;1-4-9-17(3)10-5-8-16-12-6-7-13(15-2)14(11-12)18(19)20;1-2-3-7-15-8-4-9-16-12-6-5-11(14)10-13(12)17(18)19/h11-12,18-19H,3-10H2,1-2H3;11-12,18-19,21-22H,1-10H2;6-7,11,15-16H,4-5,8-10H2,1-3H3;5-6,10,15-16H,2-4,7-9,14H2,1H3. The lowest BCUT2D eigenvalue weighted by Crippen LogP contribution is -2.22. The van der Waals surface area contributed by atoms with E-state index in [1.54, 1.807) is 55.6 Å². The summed E-state index contributed by atoms with van der Waals surface area (Å²) in [6, 6.07) is 16.1. The van der Waals surface area contributed by atoms with E-state index in [0.29, 0.717) is 109 Å². The van der Waals surface area contributed by atoms with E-state index in [1.807, 2.05) is 19.9 Å². The topological polar surface area (TPSA) is 357 Å². The number of hydrogen-bond donors (Lipinski definition) is 11. The maximum atomic E-state index is 11.4. The predicted molar refractivity (Wildman–Crippen MR) is 356 cm³/mol. The largest absolute Gasteiger partial charge is 0.399 e. The molecule has 0 aliphatic carbocycles. The highest BCUT2D eigenvalue weighted by atomic mass is 35.5. The molecule has 12 N–H and O–H groups in total. The fraction of sp³-hybridized carbons (Fsp3) is 0.593. The van der Waals surface area contributed by atoms with Crippen LogP contribution in [0.15, 0.2) is 60.7 Å². The summed E-state index contributed by atoms with van der Waals surface area (Å²) in [6.07, 6.45) is 12.1. The SMILES string of the molecule is CCCCNCCCNc1ccc(N)cc1[N+](=O)[O-].CCCN(C)CCCNc1ccc(NC)c([N+](=O)[O-])c1.CCCOCCNc1cc(Cl)cc(NCCOCCC)c1[N+](=O)[O-].O=[N+]([O-])c1c(NCCCCCO)cc(Cl)cc1NCCCCCO. The fourth-order valence-corrected chi connectivity index (χ4v) is 8.64. The van der Waals surface area contributed by atoms with Gasteiger partial charge in [-0.05, 0) is 159 Å². The summed E-state index contributed by atoms with van der Waals surface area (Å²) >= 11 is 12.2. The number of aliphatic hydroxyl groups is 2. The van der Waals surface area contributed by atoms with Gasteiger partial charge in [-0.2, -0.15) is 0 Å². The summed E-state index contributed by atoms with van der Waals surface area (Å²) in [5.41, 5.74) is 9.43. The summed E-state index contributed by atoms with van der Waals surface area (Å²) in [7, 11) is 3.79. The van der Waals surface area contributed by atoms with Crippen molar-refractivity contribution in [2.45, 2.75) is 111 Å². The number of aliphatic hydroxyl groups excluding tert-OH is 2. The lowest BCUT2D eigenvalue weighted by atomic mass is 10.2. The monoisotopic (exact) mass is 1260 g/mol. The number of nitrogens with two attached hydrogens (primary N) is 1. The lowest BCUT2D eigenvalue weighted by molar-refractivity contribution is -0.384. The van der Waals surface area contributed by atoms with Gasteiger partial charge in [0.25, 0.3) is 11.4 Å². The quantitative estimate of drug-likeness (QED) is 0.00848. The molecule has 0 amide bonds. The van der Waals surface area contributed by atoms with Gasteiger partial charge in [-0.1, -0.05) is 57.3 Å². The summed E-state index contributed by atoms with van der Waals surface area (Å²) in [6.45, 7) is 18.7. The Bertz CT molecular complexity index is 2400. The van der Waals surface area contributed by atoms with Crippen molar-refractivity contribution < 1.29 is 39.4 Å². The Balaban J connectivity index is 0.000000583. The average Bonchev–Trinajstić information content (AvgIpc) is 3.49. The highest BCUT2D eigenvalue weighted by Crippen LogP contribution is 2.38. The number of halogens is 2. The van der Waals surface area contributed by atoms with Crippen molar-refractivity contribution in [2.75, 3.05) is 162 Å². The van der Waals surface area contributed by atoms with Crippen molar-refractivity contribution in [2.24, 2.45) is 0 Å². The molecule has 0 saturated heterocycles. The zero-order chi connectivity index (χ0) is 64.6. The second-order valence-corrected chi connectivity index (χ2v) is 20.8. The first-order valence-electron chi connectivity index (χ1n) is 30.1. The molecule has 4 aromatic rings. The van der Waals surface area contributed by atoms with E-state index in [2.05, 4.69) is 68.3 Å². The van der Waals surface area contributed by atoms with E-state index >= 15 is 0 Å². The molecule has 0 saturated carbocycles. The molecule has 0 radical (unpaired) electrons. The molecule has 0 heterocycles. The minimum absolute atomic E-state index is 0.0104.